The quantitative estimate of drug-likeness (QED) is 0.430. The van der Waals surface area contributed by atoms with Gasteiger partial charge in [0.1, 0.15) is 18.1 Å². The Morgan fingerprint density at radius 2 is 1.92 bits per heavy atom. The molecule has 3 heterocycles. The number of carboxylic acid groups (broad SMARTS) is 1. The lowest BCUT2D eigenvalue weighted by atomic mass is 9.84. The number of nitrogens with zero attached hydrogens (tertiary/aromatic N) is 2. The van der Waals surface area contributed by atoms with Crippen LogP contribution < -0.4 is 9.47 Å². The van der Waals surface area contributed by atoms with Crippen molar-refractivity contribution < 1.29 is 24.5 Å². The fourth-order valence-electron chi connectivity index (χ4n) is 5.39. The SMILES string of the molecule is O=C(O)COc1ccc2c(c1)C(CCCN1CCC(O)(c3ccc(Cl)cc3)CC1)c1cccnc1CO2. The number of aromatic nitrogens is 1. The van der Waals surface area contributed by atoms with Crippen molar-refractivity contribution in [3.63, 3.8) is 0 Å². The number of likely N-dealkylation sites (tertiary alicyclic amines) is 1. The minimum atomic E-state index is -1.01. The molecule has 0 radical (unpaired) electrons. The molecule has 2 aliphatic rings. The van der Waals surface area contributed by atoms with Gasteiger partial charge in [0.2, 0.25) is 0 Å². The first-order chi connectivity index (χ1) is 17.9. The molecule has 7 nitrogen and oxygen atoms in total. The third-order valence-corrected chi connectivity index (χ3v) is 7.67. The molecule has 37 heavy (non-hydrogen) atoms. The van der Waals surface area contributed by atoms with E-state index in [4.69, 9.17) is 26.2 Å². The number of pyridine rings is 1. The Morgan fingerprint density at radius 1 is 1.14 bits per heavy atom. The predicted molar refractivity (Wildman–Crippen MR) is 140 cm³/mol. The Balaban J connectivity index is 1.26. The molecule has 2 aromatic carbocycles. The van der Waals surface area contributed by atoms with Crippen molar-refractivity contribution in [2.45, 2.75) is 43.8 Å². The number of aliphatic carboxylic acids is 1. The van der Waals surface area contributed by atoms with Gasteiger partial charge in [0, 0.05) is 35.8 Å². The monoisotopic (exact) mass is 522 g/mol. The first kappa shape index (κ1) is 25.5. The van der Waals surface area contributed by atoms with Crippen molar-refractivity contribution in [3.8, 4) is 11.5 Å². The van der Waals surface area contributed by atoms with Gasteiger partial charge in [-0.2, -0.15) is 0 Å². The third kappa shape index (κ3) is 5.90. The third-order valence-electron chi connectivity index (χ3n) is 7.42. The summed E-state index contributed by atoms with van der Waals surface area (Å²) < 4.78 is 11.5. The minimum Gasteiger partial charge on any atom is -0.487 e. The Bertz CT molecular complexity index is 1240. The van der Waals surface area contributed by atoms with Gasteiger partial charge >= 0.3 is 5.97 Å². The average molecular weight is 523 g/mol. The standard InChI is InChI=1S/C29H31ClN2O5/c30-21-7-5-20(6-8-21)29(35)11-15-32(16-12-29)14-2-4-23-24-3-1-13-31-26(24)18-37-27-10-9-22(17-25(23)27)36-19-28(33)34/h1,3,5-10,13,17,23,35H,2,4,11-12,14-16,18-19H2,(H,33,34). The zero-order valence-corrected chi connectivity index (χ0v) is 21.4. The van der Waals surface area contributed by atoms with Crippen LogP contribution in [0.5, 0.6) is 11.5 Å². The molecule has 1 unspecified atom stereocenters. The predicted octanol–water partition coefficient (Wildman–Crippen LogP) is 4.99. The van der Waals surface area contributed by atoms with Crippen LogP contribution in [0.25, 0.3) is 0 Å². The highest BCUT2D eigenvalue weighted by atomic mass is 35.5. The Hall–Kier alpha value is -3.13. The van der Waals surface area contributed by atoms with Gasteiger partial charge < -0.3 is 24.6 Å². The van der Waals surface area contributed by atoms with Crippen molar-refractivity contribution in [1.29, 1.82) is 0 Å². The summed E-state index contributed by atoms with van der Waals surface area (Å²) in [6.45, 7) is 2.59. The van der Waals surface area contributed by atoms with E-state index in [0.29, 0.717) is 30.2 Å². The molecule has 8 heteroatoms. The maximum absolute atomic E-state index is 11.2. The number of fused-ring (bicyclic) bond motifs is 2. The first-order valence-corrected chi connectivity index (χ1v) is 13.0. The van der Waals surface area contributed by atoms with Crippen molar-refractivity contribution in [2.75, 3.05) is 26.2 Å². The smallest absolute Gasteiger partial charge is 0.341 e. The lowest BCUT2D eigenvalue weighted by Gasteiger charge is -2.38. The lowest BCUT2D eigenvalue weighted by Crippen LogP contribution is -2.42. The second-order valence-corrected chi connectivity index (χ2v) is 10.2. The van der Waals surface area contributed by atoms with E-state index >= 15 is 0 Å². The molecule has 5 rings (SSSR count). The van der Waals surface area contributed by atoms with E-state index in [1.165, 1.54) is 0 Å². The van der Waals surface area contributed by atoms with Crippen LogP contribution in [0.2, 0.25) is 5.02 Å². The van der Waals surface area contributed by atoms with Crippen LogP contribution >= 0.6 is 11.6 Å². The lowest BCUT2D eigenvalue weighted by molar-refractivity contribution is -0.139. The molecule has 0 saturated carbocycles. The normalized spacial score (nSPS) is 18.7. The van der Waals surface area contributed by atoms with Gasteiger partial charge in [-0.05, 0) is 79.8 Å². The number of rotatable bonds is 8. The Kier molecular flexibility index (Phi) is 7.65. The summed E-state index contributed by atoms with van der Waals surface area (Å²) in [6, 6.07) is 17.1. The van der Waals surface area contributed by atoms with E-state index in [1.807, 2.05) is 42.5 Å². The summed E-state index contributed by atoms with van der Waals surface area (Å²) in [5.41, 5.74) is 3.16. The average Bonchev–Trinajstić information content (AvgIpc) is 3.06. The number of carbonyl (C=O) groups is 1. The summed E-state index contributed by atoms with van der Waals surface area (Å²) in [5, 5.41) is 20.9. The second kappa shape index (κ2) is 11.1. The molecule has 1 atom stereocenters. The Morgan fingerprint density at radius 3 is 2.68 bits per heavy atom. The first-order valence-electron chi connectivity index (χ1n) is 12.7. The number of benzene rings is 2. The van der Waals surface area contributed by atoms with E-state index in [9.17, 15) is 9.90 Å². The molecule has 0 spiro atoms. The highest BCUT2D eigenvalue weighted by molar-refractivity contribution is 6.30. The maximum Gasteiger partial charge on any atom is 0.341 e. The van der Waals surface area contributed by atoms with Gasteiger partial charge in [0.25, 0.3) is 0 Å². The summed E-state index contributed by atoms with van der Waals surface area (Å²) >= 11 is 6.02. The fraction of sp³-hybridized carbons (Fsp3) is 0.379. The van der Waals surface area contributed by atoms with E-state index in [-0.39, 0.29) is 12.5 Å². The molecule has 0 aliphatic carbocycles. The zero-order valence-electron chi connectivity index (χ0n) is 20.6. The molecule has 194 valence electrons. The molecule has 1 saturated heterocycles. The number of halogens is 1. The molecule has 1 fully saturated rings. The van der Waals surface area contributed by atoms with Gasteiger partial charge in [0.05, 0.1) is 11.3 Å². The molecule has 0 bridgehead atoms. The fourth-order valence-corrected chi connectivity index (χ4v) is 5.52. The van der Waals surface area contributed by atoms with E-state index in [0.717, 1.165) is 60.6 Å². The number of piperidine rings is 1. The summed E-state index contributed by atoms with van der Waals surface area (Å²) in [6.07, 6.45) is 5.00. The zero-order chi connectivity index (χ0) is 25.8. The van der Waals surface area contributed by atoms with Gasteiger partial charge in [0.15, 0.2) is 6.61 Å². The van der Waals surface area contributed by atoms with Crippen molar-refractivity contribution in [2.24, 2.45) is 0 Å². The van der Waals surface area contributed by atoms with Crippen LogP contribution in [0, 0.1) is 0 Å². The van der Waals surface area contributed by atoms with Crippen molar-refractivity contribution in [1.82, 2.24) is 9.88 Å². The van der Waals surface area contributed by atoms with Gasteiger partial charge in [-0.15, -0.1) is 0 Å². The highest BCUT2D eigenvalue weighted by Gasteiger charge is 2.34. The van der Waals surface area contributed by atoms with Crippen molar-refractivity contribution in [3.05, 3.63) is 88.2 Å². The topological polar surface area (TPSA) is 92.1 Å². The second-order valence-electron chi connectivity index (χ2n) is 9.78. The molecule has 2 aliphatic heterocycles. The number of carboxylic acids is 1. The van der Waals surface area contributed by atoms with E-state index in [1.54, 1.807) is 12.3 Å². The summed E-state index contributed by atoms with van der Waals surface area (Å²) in [7, 11) is 0. The van der Waals surface area contributed by atoms with Crippen molar-refractivity contribution >= 4 is 17.6 Å². The minimum absolute atomic E-state index is 0.0605. The molecular weight excluding hydrogens is 492 g/mol. The Labute approximate surface area is 221 Å². The van der Waals surface area contributed by atoms with Crippen LogP contribution in [0.4, 0.5) is 0 Å². The number of ether oxygens (including phenoxy) is 2. The molecular formula is C29H31ClN2O5. The van der Waals surface area contributed by atoms with Crippen LogP contribution in [0.15, 0.2) is 60.8 Å². The molecule has 0 amide bonds. The largest absolute Gasteiger partial charge is 0.487 e. The van der Waals surface area contributed by atoms with Crippen LogP contribution in [-0.2, 0) is 17.0 Å². The summed E-state index contributed by atoms with van der Waals surface area (Å²) in [4.78, 5) is 18.0. The highest BCUT2D eigenvalue weighted by Crippen LogP contribution is 2.41. The number of aliphatic hydroxyl groups is 1. The van der Waals surface area contributed by atoms with E-state index in [2.05, 4.69) is 16.0 Å². The summed E-state index contributed by atoms with van der Waals surface area (Å²) in [5.74, 6) is 0.337. The van der Waals surface area contributed by atoms with Gasteiger partial charge in [-0.3, -0.25) is 4.98 Å². The molecule has 2 N–H and O–H groups in total. The van der Waals surface area contributed by atoms with Crippen LogP contribution in [0.3, 0.4) is 0 Å². The van der Waals surface area contributed by atoms with Crippen LogP contribution in [-0.4, -0.2) is 52.3 Å². The van der Waals surface area contributed by atoms with E-state index < -0.39 is 11.6 Å². The molecule has 1 aromatic heterocycles. The van der Waals surface area contributed by atoms with Gasteiger partial charge in [-0.25, -0.2) is 4.79 Å². The molecule has 3 aromatic rings. The number of hydrogen-bond acceptors (Lipinski definition) is 6. The van der Waals surface area contributed by atoms with Gasteiger partial charge in [-0.1, -0.05) is 29.8 Å². The maximum atomic E-state index is 11.2. The number of hydrogen-bond donors (Lipinski definition) is 2. The van der Waals surface area contributed by atoms with Crippen LogP contribution in [0.1, 0.15) is 54.0 Å².